The van der Waals surface area contributed by atoms with Crippen LogP contribution in [-0.4, -0.2) is 48.3 Å². The first-order valence-electron chi connectivity index (χ1n) is 10.5. The van der Waals surface area contributed by atoms with Crippen LogP contribution in [0.4, 0.5) is 0 Å². The molecule has 1 aromatic rings. The molecule has 1 aliphatic heterocycles. The summed E-state index contributed by atoms with van der Waals surface area (Å²) in [6.07, 6.45) is 6.47. The number of rotatable bonds is 4. The Balaban J connectivity index is 0.00000112. The van der Waals surface area contributed by atoms with Gasteiger partial charge in [-0.2, -0.15) is 0 Å². The number of nitrogens with zero attached hydrogens (tertiary/aromatic N) is 1. The lowest BCUT2D eigenvalue weighted by Crippen LogP contribution is -2.62. The molecule has 1 unspecified atom stereocenters. The smallest absolute Gasteiger partial charge is 0.0784 e. The Morgan fingerprint density at radius 2 is 1.64 bits per heavy atom. The number of hydrogen-bond donors (Lipinski definition) is 2. The first-order valence-corrected chi connectivity index (χ1v) is 11.3. The van der Waals surface area contributed by atoms with E-state index in [1.807, 2.05) is 0 Å². The van der Waals surface area contributed by atoms with E-state index in [4.69, 9.17) is 0 Å². The molecule has 4 aliphatic carbocycles. The van der Waals surface area contributed by atoms with Crippen molar-refractivity contribution >= 4 is 40.7 Å². The number of nitrogens with one attached hydrogen (secondary N) is 1. The maximum absolute atomic E-state index is 12.3. The highest BCUT2D eigenvalue weighted by molar-refractivity contribution is 9.10. The van der Waals surface area contributed by atoms with E-state index in [2.05, 4.69) is 50.4 Å². The highest BCUT2D eigenvalue weighted by Gasteiger charge is 2.59. The zero-order valence-corrected chi connectivity index (χ0v) is 19.6. The van der Waals surface area contributed by atoms with Gasteiger partial charge in [0, 0.05) is 43.1 Å². The standard InChI is InChI=1S/C22H31BrN2O.2ClH/c23-20-3-1-2-17(13-20)21(14-25-6-4-24-5-7-25)22(26)18-9-15-8-16(11-18)12-19(22)10-15;;/h1-3,13,15-16,18-19,21,24,26H,4-12,14H2;2*1H. The molecule has 4 bridgehead atoms. The summed E-state index contributed by atoms with van der Waals surface area (Å²) in [5, 5.41) is 15.7. The molecule has 1 aromatic carbocycles. The van der Waals surface area contributed by atoms with Gasteiger partial charge in [0.15, 0.2) is 0 Å². The van der Waals surface area contributed by atoms with E-state index < -0.39 is 5.60 Å². The normalized spacial score (nSPS) is 37.8. The molecule has 4 saturated carbocycles. The SMILES string of the molecule is Cl.Cl.OC1(C(CN2CCNCC2)c2cccc(Br)c2)C2CC3CC(C2)CC1C3. The monoisotopic (exact) mass is 490 g/mol. The minimum Gasteiger partial charge on any atom is -0.389 e. The minimum atomic E-state index is -0.515. The molecule has 0 radical (unpaired) electrons. The molecule has 0 amide bonds. The fourth-order valence-corrected chi connectivity index (χ4v) is 7.32. The quantitative estimate of drug-likeness (QED) is 0.652. The number of piperazine rings is 1. The van der Waals surface area contributed by atoms with E-state index in [0.29, 0.717) is 11.8 Å². The fraction of sp³-hybridized carbons (Fsp3) is 0.727. The van der Waals surface area contributed by atoms with Crippen LogP contribution in [0.5, 0.6) is 0 Å². The van der Waals surface area contributed by atoms with Crippen LogP contribution in [0.3, 0.4) is 0 Å². The van der Waals surface area contributed by atoms with Crippen molar-refractivity contribution in [3.63, 3.8) is 0 Å². The summed E-state index contributed by atoms with van der Waals surface area (Å²) in [4.78, 5) is 2.57. The zero-order chi connectivity index (χ0) is 17.7. The number of aliphatic hydroxyl groups is 1. The van der Waals surface area contributed by atoms with Gasteiger partial charge in [0.2, 0.25) is 0 Å². The van der Waals surface area contributed by atoms with Crippen molar-refractivity contribution in [3.8, 4) is 0 Å². The molecular weight excluding hydrogens is 459 g/mol. The van der Waals surface area contributed by atoms with E-state index in [1.165, 1.54) is 37.7 Å². The van der Waals surface area contributed by atoms with Crippen LogP contribution < -0.4 is 5.32 Å². The van der Waals surface area contributed by atoms with Gasteiger partial charge in [-0.25, -0.2) is 0 Å². The summed E-state index contributed by atoms with van der Waals surface area (Å²) < 4.78 is 1.13. The molecule has 28 heavy (non-hydrogen) atoms. The van der Waals surface area contributed by atoms with Gasteiger partial charge in [-0.05, 0) is 73.5 Å². The predicted molar refractivity (Wildman–Crippen MR) is 123 cm³/mol. The van der Waals surface area contributed by atoms with Gasteiger partial charge in [-0.1, -0.05) is 28.1 Å². The van der Waals surface area contributed by atoms with Crippen molar-refractivity contribution in [2.24, 2.45) is 23.7 Å². The van der Waals surface area contributed by atoms with Crippen LogP contribution in [0, 0.1) is 23.7 Å². The average molecular weight is 492 g/mol. The number of benzene rings is 1. The van der Waals surface area contributed by atoms with Crippen LogP contribution in [0.2, 0.25) is 0 Å². The van der Waals surface area contributed by atoms with Crippen molar-refractivity contribution in [3.05, 3.63) is 34.3 Å². The maximum atomic E-state index is 12.3. The highest BCUT2D eigenvalue weighted by Crippen LogP contribution is 2.62. The maximum Gasteiger partial charge on any atom is 0.0784 e. The van der Waals surface area contributed by atoms with Gasteiger partial charge in [0.25, 0.3) is 0 Å². The van der Waals surface area contributed by atoms with Crippen molar-refractivity contribution in [2.75, 3.05) is 32.7 Å². The molecule has 0 spiro atoms. The molecule has 0 aromatic heterocycles. The van der Waals surface area contributed by atoms with Crippen LogP contribution in [0.1, 0.15) is 43.6 Å². The van der Waals surface area contributed by atoms with Crippen molar-refractivity contribution in [1.29, 1.82) is 0 Å². The summed E-state index contributed by atoms with van der Waals surface area (Å²) in [7, 11) is 0. The van der Waals surface area contributed by atoms with Gasteiger partial charge in [0.1, 0.15) is 0 Å². The summed E-state index contributed by atoms with van der Waals surface area (Å²) in [5.74, 6) is 3.02. The second kappa shape index (κ2) is 9.11. The molecule has 6 heteroatoms. The van der Waals surface area contributed by atoms with Gasteiger partial charge >= 0.3 is 0 Å². The summed E-state index contributed by atoms with van der Waals surface area (Å²) >= 11 is 3.67. The Morgan fingerprint density at radius 1 is 1.04 bits per heavy atom. The highest BCUT2D eigenvalue weighted by atomic mass is 79.9. The molecule has 5 aliphatic rings. The van der Waals surface area contributed by atoms with E-state index in [-0.39, 0.29) is 30.7 Å². The Morgan fingerprint density at radius 3 is 2.21 bits per heavy atom. The second-order valence-corrected chi connectivity index (χ2v) is 10.3. The van der Waals surface area contributed by atoms with Gasteiger partial charge in [0.05, 0.1) is 5.60 Å². The van der Waals surface area contributed by atoms with Crippen LogP contribution >= 0.6 is 40.7 Å². The first kappa shape index (κ1) is 22.8. The summed E-state index contributed by atoms with van der Waals surface area (Å²) in [5.41, 5.74) is 0.812. The van der Waals surface area contributed by atoms with Crippen LogP contribution in [-0.2, 0) is 0 Å². The third-order valence-corrected chi connectivity index (χ3v) is 8.40. The Kier molecular flexibility index (Phi) is 7.43. The summed E-state index contributed by atoms with van der Waals surface area (Å²) in [6, 6.07) is 8.76. The van der Waals surface area contributed by atoms with E-state index in [9.17, 15) is 5.11 Å². The largest absolute Gasteiger partial charge is 0.389 e. The Bertz CT molecular complexity index is 640. The lowest BCUT2D eigenvalue weighted by atomic mass is 9.47. The lowest BCUT2D eigenvalue weighted by Gasteiger charge is -2.61. The van der Waals surface area contributed by atoms with Gasteiger partial charge in [-0.3, -0.25) is 0 Å². The molecule has 3 nitrogen and oxygen atoms in total. The Hall–Kier alpha value is 0.160. The third-order valence-electron chi connectivity index (χ3n) is 7.91. The third kappa shape index (κ3) is 4.02. The minimum absolute atomic E-state index is 0. The van der Waals surface area contributed by atoms with Crippen molar-refractivity contribution in [1.82, 2.24) is 10.2 Å². The summed E-state index contributed by atoms with van der Waals surface area (Å²) in [6.45, 7) is 5.33. The lowest BCUT2D eigenvalue weighted by molar-refractivity contribution is -0.188. The van der Waals surface area contributed by atoms with Crippen LogP contribution in [0.25, 0.3) is 0 Å². The Labute approximate surface area is 190 Å². The molecular formula is C22H33BrCl2N2O. The second-order valence-electron chi connectivity index (χ2n) is 9.35. The molecule has 2 N–H and O–H groups in total. The van der Waals surface area contributed by atoms with Crippen molar-refractivity contribution in [2.45, 2.75) is 43.6 Å². The average Bonchev–Trinajstić information content (AvgIpc) is 2.64. The molecule has 1 saturated heterocycles. The fourth-order valence-electron chi connectivity index (χ4n) is 6.90. The van der Waals surface area contributed by atoms with E-state index in [1.54, 1.807) is 0 Å². The molecule has 1 heterocycles. The first-order chi connectivity index (χ1) is 12.6. The number of hydrogen-bond acceptors (Lipinski definition) is 3. The number of halogens is 3. The van der Waals surface area contributed by atoms with E-state index >= 15 is 0 Å². The van der Waals surface area contributed by atoms with Gasteiger partial charge in [-0.15, -0.1) is 24.8 Å². The zero-order valence-electron chi connectivity index (χ0n) is 16.4. The molecule has 158 valence electrons. The molecule has 1 atom stereocenters. The topological polar surface area (TPSA) is 35.5 Å². The van der Waals surface area contributed by atoms with Gasteiger partial charge < -0.3 is 15.3 Å². The predicted octanol–water partition coefficient (Wildman–Crippen LogP) is 4.47. The van der Waals surface area contributed by atoms with Crippen LogP contribution in [0.15, 0.2) is 28.7 Å². The molecule has 5 fully saturated rings. The van der Waals surface area contributed by atoms with Crippen molar-refractivity contribution < 1.29 is 5.11 Å². The molecule has 6 rings (SSSR count). The van der Waals surface area contributed by atoms with E-state index in [0.717, 1.165) is 49.0 Å².